The van der Waals surface area contributed by atoms with Gasteiger partial charge in [0.05, 0.1) is 0 Å². The lowest BCUT2D eigenvalue weighted by Crippen LogP contribution is -2.01. The Hall–Kier alpha value is -0.0800. The molecule has 1 fully saturated rings. The SMILES string of the molecule is Fc1ccc(Br)c(CC2CCC(Cl)C2)c1. The highest BCUT2D eigenvalue weighted by atomic mass is 79.9. The van der Waals surface area contributed by atoms with Crippen molar-refractivity contribution in [2.75, 3.05) is 0 Å². The van der Waals surface area contributed by atoms with Gasteiger partial charge in [-0.2, -0.15) is 0 Å². The summed E-state index contributed by atoms with van der Waals surface area (Å²) in [6.45, 7) is 0. The maximum atomic E-state index is 13.1. The van der Waals surface area contributed by atoms with Gasteiger partial charge in [0.2, 0.25) is 0 Å². The number of rotatable bonds is 2. The number of hydrogen-bond donors (Lipinski definition) is 0. The summed E-state index contributed by atoms with van der Waals surface area (Å²) in [5.74, 6) is 0.458. The molecule has 15 heavy (non-hydrogen) atoms. The minimum Gasteiger partial charge on any atom is -0.207 e. The summed E-state index contributed by atoms with van der Waals surface area (Å²) in [4.78, 5) is 0. The van der Waals surface area contributed by atoms with Crippen LogP contribution in [0.4, 0.5) is 4.39 Å². The van der Waals surface area contributed by atoms with E-state index >= 15 is 0 Å². The van der Waals surface area contributed by atoms with Crippen LogP contribution in [0.2, 0.25) is 0 Å². The van der Waals surface area contributed by atoms with Gasteiger partial charge in [0.1, 0.15) is 5.82 Å². The van der Waals surface area contributed by atoms with Gasteiger partial charge < -0.3 is 0 Å². The van der Waals surface area contributed by atoms with Crippen molar-refractivity contribution in [2.45, 2.75) is 31.1 Å². The van der Waals surface area contributed by atoms with Crippen LogP contribution < -0.4 is 0 Å². The van der Waals surface area contributed by atoms with E-state index in [0.717, 1.165) is 35.7 Å². The Labute approximate surface area is 103 Å². The summed E-state index contributed by atoms with van der Waals surface area (Å²) in [6.07, 6.45) is 4.25. The third-order valence-corrected chi connectivity index (χ3v) is 4.16. The molecule has 0 N–H and O–H groups in total. The topological polar surface area (TPSA) is 0 Å². The Kier molecular flexibility index (Phi) is 3.68. The second kappa shape index (κ2) is 4.84. The molecule has 0 radical (unpaired) electrons. The second-order valence-corrected chi connectivity index (χ2v) is 5.69. The molecule has 0 aliphatic heterocycles. The fraction of sp³-hybridized carbons (Fsp3) is 0.500. The van der Waals surface area contributed by atoms with E-state index in [0.29, 0.717) is 11.3 Å². The lowest BCUT2D eigenvalue weighted by Gasteiger charge is -2.10. The molecule has 3 heteroatoms. The number of alkyl halides is 1. The molecule has 1 aliphatic carbocycles. The molecule has 2 atom stereocenters. The van der Waals surface area contributed by atoms with Crippen molar-refractivity contribution in [3.05, 3.63) is 34.1 Å². The summed E-state index contributed by atoms with van der Waals surface area (Å²) in [5.41, 5.74) is 1.06. The van der Waals surface area contributed by atoms with Gasteiger partial charge in [0.15, 0.2) is 0 Å². The molecule has 2 unspecified atom stereocenters. The molecule has 0 bridgehead atoms. The fourth-order valence-electron chi connectivity index (χ4n) is 2.21. The predicted molar refractivity (Wildman–Crippen MR) is 64.8 cm³/mol. The van der Waals surface area contributed by atoms with Gasteiger partial charge in [-0.1, -0.05) is 15.9 Å². The highest BCUT2D eigenvalue weighted by molar-refractivity contribution is 9.10. The average molecular weight is 292 g/mol. The van der Waals surface area contributed by atoms with E-state index in [1.807, 2.05) is 0 Å². The lowest BCUT2D eigenvalue weighted by molar-refractivity contribution is 0.542. The van der Waals surface area contributed by atoms with E-state index in [1.165, 1.54) is 6.07 Å². The molecule has 1 aromatic carbocycles. The van der Waals surface area contributed by atoms with Crippen LogP contribution in [0.3, 0.4) is 0 Å². The standard InChI is InChI=1S/C12H13BrClF/c13-12-4-3-11(15)7-9(12)5-8-1-2-10(14)6-8/h3-4,7-8,10H,1-2,5-6H2. The summed E-state index contributed by atoms with van der Waals surface area (Å²) in [6, 6.07) is 4.87. The normalized spacial score (nSPS) is 25.8. The van der Waals surface area contributed by atoms with Crippen molar-refractivity contribution in [1.82, 2.24) is 0 Å². The van der Waals surface area contributed by atoms with Crippen molar-refractivity contribution >= 4 is 27.5 Å². The second-order valence-electron chi connectivity index (χ2n) is 4.22. The molecule has 0 nitrogen and oxygen atoms in total. The summed E-state index contributed by atoms with van der Waals surface area (Å²) in [7, 11) is 0. The van der Waals surface area contributed by atoms with Crippen LogP contribution in [0.1, 0.15) is 24.8 Å². The largest absolute Gasteiger partial charge is 0.207 e. The number of benzene rings is 1. The van der Waals surface area contributed by atoms with Crippen LogP contribution in [0, 0.1) is 11.7 Å². The average Bonchev–Trinajstić information content (AvgIpc) is 2.58. The van der Waals surface area contributed by atoms with E-state index in [4.69, 9.17) is 11.6 Å². The molecule has 0 spiro atoms. The van der Waals surface area contributed by atoms with Crippen molar-refractivity contribution in [3.63, 3.8) is 0 Å². The first-order valence-electron chi connectivity index (χ1n) is 5.23. The van der Waals surface area contributed by atoms with Gasteiger partial charge in [-0.25, -0.2) is 4.39 Å². The van der Waals surface area contributed by atoms with Gasteiger partial charge in [-0.15, -0.1) is 11.6 Å². The van der Waals surface area contributed by atoms with Crippen LogP contribution in [0.5, 0.6) is 0 Å². The Morgan fingerprint density at radius 1 is 1.40 bits per heavy atom. The van der Waals surface area contributed by atoms with E-state index in [9.17, 15) is 4.39 Å². The maximum absolute atomic E-state index is 13.1. The third-order valence-electron chi connectivity index (χ3n) is 2.99. The monoisotopic (exact) mass is 290 g/mol. The van der Waals surface area contributed by atoms with Gasteiger partial charge in [-0.05, 0) is 55.4 Å². The smallest absolute Gasteiger partial charge is 0.123 e. The molecular formula is C12H13BrClF. The first-order valence-corrected chi connectivity index (χ1v) is 6.46. The summed E-state index contributed by atoms with van der Waals surface area (Å²) < 4.78 is 14.1. The number of halogens is 3. The molecule has 0 heterocycles. The van der Waals surface area contributed by atoms with E-state index < -0.39 is 0 Å². The fourth-order valence-corrected chi connectivity index (χ4v) is 3.00. The molecule has 0 saturated heterocycles. The lowest BCUT2D eigenvalue weighted by atomic mass is 9.98. The Bertz CT molecular complexity index is 353. The van der Waals surface area contributed by atoms with Crippen LogP contribution in [0.15, 0.2) is 22.7 Å². The highest BCUT2D eigenvalue weighted by Crippen LogP contribution is 2.33. The van der Waals surface area contributed by atoms with Crippen LogP contribution in [0.25, 0.3) is 0 Å². The quantitative estimate of drug-likeness (QED) is 0.702. The predicted octanol–water partition coefficient (Wildman–Crippen LogP) is 4.54. The van der Waals surface area contributed by atoms with Gasteiger partial charge in [0.25, 0.3) is 0 Å². The molecule has 1 saturated carbocycles. The molecule has 1 aromatic rings. The molecule has 2 rings (SSSR count). The zero-order valence-corrected chi connectivity index (χ0v) is 10.7. The minimum atomic E-state index is -0.159. The van der Waals surface area contributed by atoms with Crippen molar-refractivity contribution in [1.29, 1.82) is 0 Å². The Morgan fingerprint density at radius 2 is 2.20 bits per heavy atom. The number of hydrogen-bond acceptors (Lipinski definition) is 0. The zero-order valence-electron chi connectivity index (χ0n) is 8.35. The van der Waals surface area contributed by atoms with E-state index in [1.54, 1.807) is 12.1 Å². The third kappa shape index (κ3) is 2.94. The Balaban J connectivity index is 2.07. The highest BCUT2D eigenvalue weighted by Gasteiger charge is 2.23. The Morgan fingerprint density at radius 3 is 2.87 bits per heavy atom. The van der Waals surface area contributed by atoms with Crippen LogP contribution in [-0.4, -0.2) is 5.38 Å². The van der Waals surface area contributed by atoms with Crippen LogP contribution in [-0.2, 0) is 6.42 Å². The summed E-state index contributed by atoms with van der Waals surface area (Å²) >= 11 is 9.51. The van der Waals surface area contributed by atoms with Gasteiger partial charge >= 0.3 is 0 Å². The first-order chi connectivity index (χ1) is 7.15. The van der Waals surface area contributed by atoms with Crippen molar-refractivity contribution < 1.29 is 4.39 Å². The molecule has 0 aromatic heterocycles. The van der Waals surface area contributed by atoms with E-state index in [-0.39, 0.29) is 5.82 Å². The van der Waals surface area contributed by atoms with E-state index in [2.05, 4.69) is 15.9 Å². The molecule has 82 valence electrons. The van der Waals surface area contributed by atoms with Crippen molar-refractivity contribution in [2.24, 2.45) is 5.92 Å². The van der Waals surface area contributed by atoms with Gasteiger partial charge in [-0.3, -0.25) is 0 Å². The maximum Gasteiger partial charge on any atom is 0.123 e. The minimum absolute atomic E-state index is 0.159. The first kappa shape index (κ1) is 11.4. The molecule has 1 aliphatic rings. The molecular weight excluding hydrogens is 278 g/mol. The molecule has 0 amide bonds. The van der Waals surface area contributed by atoms with Crippen molar-refractivity contribution in [3.8, 4) is 0 Å². The van der Waals surface area contributed by atoms with Gasteiger partial charge in [0, 0.05) is 9.85 Å². The zero-order chi connectivity index (χ0) is 10.8. The summed E-state index contributed by atoms with van der Waals surface area (Å²) in [5, 5.41) is 0.322. The van der Waals surface area contributed by atoms with Crippen LogP contribution >= 0.6 is 27.5 Å².